The molecule has 0 N–H and O–H groups in total. The van der Waals surface area contributed by atoms with Gasteiger partial charge < -0.3 is 18.8 Å². The highest BCUT2D eigenvalue weighted by Gasteiger charge is 2.41. The number of Topliss-reactive ketones (excluding diaryl/α,β-unsaturated/α-hetero) is 1. The van der Waals surface area contributed by atoms with Gasteiger partial charge in [-0.15, -0.1) is 0 Å². The van der Waals surface area contributed by atoms with E-state index in [4.69, 9.17) is 14.2 Å². The number of ketones is 1. The second-order valence-electron chi connectivity index (χ2n) is 5.88. The molecule has 1 aliphatic heterocycles. The first kappa shape index (κ1) is 20.5. The Balaban J connectivity index is 2.60. The summed E-state index contributed by atoms with van der Waals surface area (Å²) < 4.78 is 16.6. The molecule has 1 amide bonds. The smallest absolute Gasteiger partial charge is 0.415 e. The number of ether oxygens (including phenoxy) is 3. The Morgan fingerprint density at radius 2 is 1.70 bits per heavy atom. The average molecular weight is 380 g/mol. The van der Waals surface area contributed by atoms with Crippen LogP contribution in [0.5, 0.6) is 0 Å². The summed E-state index contributed by atoms with van der Waals surface area (Å²) in [7, 11) is 1.60. The van der Waals surface area contributed by atoms with E-state index < -0.39 is 29.7 Å². The van der Waals surface area contributed by atoms with Gasteiger partial charge in [-0.25, -0.2) is 9.59 Å². The summed E-state index contributed by atoms with van der Waals surface area (Å²) in [5, 5.41) is 0. The van der Waals surface area contributed by atoms with E-state index in [1.807, 2.05) is 0 Å². The maximum atomic E-state index is 13.1. The zero-order valence-corrected chi connectivity index (χ0v) is 15.9. The lowest BCUT2D eigenvalue weighted by Gasteiger charge is -2.21. The zero-order valence-electron chi connectivity index (χ0n) is 15.9. The van der Waals surface area contributed by atoms with E-state index in [0.717, 1.165) is 0 Å². The van der Waals surface area contributed by atoms with E-state index >= 15 is 0 Å². The number of aromatic nitrogens is 1. The third-order valence-corrected chi connectivity index (χ3v) is 4.16. The topological polar surface area (TPSA) is 104 Å². The lowest BCUT2D eigenvalue weighted by atomic mass is 9.95. The van der Waals surface area contributed by atoms with Crippen LogP contribution < -0.4 is 4.90 Å². The summed E-state index contributed by atoms with van der Waals surface area (Å²) in [6.45, 7) is 5.42. The number of esters is 2. The largest absolute Gasteiger partial charge is 0.465 e. The van der Waals surface area contributed by atoms with Gasteiger partial charge in [-0.3, -0.25) is 14.5 Å². The highest BCUT2D eigenvalue weighted by molar-refractivity contribution is 6.18. The van der Waals surface area contributed by atoms with Crippen molar-refractivity contribution in [2.24, 2.45) is 13.0 Å². The fraction of sp³-hybridized carbons (Fsp3) is 0.556. The van der Waals surface area contributed by atoms with Crippen LogP contribution in [-0.2, 0) is 26.1 Å². The summed E-state index contributed by atoms with van der Waals surface area (Å²) in [6.07, 6.45) is 0.820. The first-order chi connectivity index (χ1) is 12.9. The minimum Gasteiger partial charge on any atom is -0.465 e. The molecule has 0 radical (unpaired) electrons. The first-order valence-corrected chi connectivity index (χ1v) is 8.88. The van der Waals surface area contributed by atoms with Crippen molar-refractivity contribution in [3.63, 3.8) is 0 Å². The van der Waals surface area contributed by atoms with Crippen LogP contribution in [0.3, 0.4) is 0 Å². The van der Waals surface area contributed by atoms with Gasteiger partial charge in [0, 0.05) is 19.8 Å². The molecule has 1 unspecified atom stereocenters. The summed E-state index contributed by atoms with van der Waals surface area (Å²) in [5.41, 5.74) is -0.0237. The molecule has 0 aromatic carbocycles. The first-order valence-electron chi connectivity index (χ1n) is 8.88. The third kappa shape index (κ3) is 3.96. The van der Waals surface area contributed by atoms with Crippen LogP contribution in [0.2, 0.25) is 0 Å². The van der Waals surface area contributed by atoms with Crippen molar-refractivity contribution in [3.8, 4) is 0 Å². The molecule has 9 nitrogen and oxygen atoms in total. The number of hydrogen-bond donors (Lipinski definition) is 0. The second kappa shape index (κ2) is 8.70. The van der Waals surface area contributed by atoms with Crippen LogP contribution in [0.4, 0.5) is 10.6 Å². The number of rotatable bonds is 5. The quantitative estimate of drug-likeness (QED) is 0.437. The van der Waals surface area contributed by atoms with Crippen molar-refractivity contribution < 1.29 is 33.4 Å². The molecule has 2 rings (SSSR count). The summed E-state index contributed by atoms with van der Waals surface area (Å²) >= 11 is 0. The van der Waals surface area contributed by atoms with Crippen LogP contribution in [0.1, 0.15) is 47.9 Å². The van der Waals surface area contributed by atoms with Crippen LogP contribution in [0.15, 0.2) is 6.20 Å². The minimum atomic E-state index is -1.11. The molecule has 0 bridgehead atoms. The summed E-state index contributed by atoms with van der Waals surface area (Å²) in [6, 6.07) is 0. The number of amides is 1. The Bertz CT molecular complexity index is 753. The third-order valence-electron chi connectivity index (χ3n) is 4.16. The molecule has 1 atom stereocenters. The Morgan fingerprint density at radius 3 is 2.30 bits per heavy atom. The molecule has 27 heavy (non-hydrogen) atoms. The Kier molecular flexibility index (Phi) is 6.59. The Labute approximate surface area is 157 Å². The van der Waals surface area contributed by atoms with Crippen molar-refractivity contribution in [1.29, 1.82) is 0 Å². The molecule has 1 aromatic heterocycles. The average Bonchev–Trinajstić information content (AvgIpc) is 2.87. The highest BCUT2D eigenvalue weighted by atomic mass is 16.6. The van der Waals surface area contributed by atoms with Gasteiger partial charge in [0.1, 0.15) is 11.7 Å². The van der Waals surface area contributed by atoms with E-state index in [-0.39, 0.29) is 49.7 Å². The molecular formula is C18H24N2O7. The summed E-state index contributed by atoms with van der Waals surface area (Å²) in [5.74, 6) is -2.86. The lowest BCUT2D eigenvalue weighted by Crippen LogP contribution is -2.34. The van der Waals surface area contributed by atoms with E-state index in [1.165, 1.54) is 15.7 Å². The van der Waals surface area contributed by atoms with Crippen molar-refractivity contribution >= 4 is 29.6 Å². The molecule has 148 valence electrons. The van der Waals surface area contributed by atoms with E-state index in [2.05, 4.69) is 0 Å². The van der Waals surface area contributed by atoms with Gasteiger partial charge in [-0.1, -0.05) is 0 Å². The standard InChI is InChI=1S/C18H24N2O7/c1-5-25-16(22)11-8-9-20(18(24)27-7-3)15-13(14(11)21)12(10-19(15)4)17(23)26-6-2/h10-11H,5-9H2,1-4H3. The Hall–Kier alpha value is -2.84. The molecule has 0 saturated carbocycles. The van der Waals surface area contributed by atoms with Crippen LogP contribution >= 0.6 is 0 Å². The molecule has 0 spiro atoms. The van der Waals surface area contributed by atoms with Gasteiger partial charge in [0.25, 0.3) is 0 Å². The van der Waals surface area contributed by atoms with Gasteiger partial charge in [-0.2, -0.15) is 0 Å². The lowest BCUT2D eigenvalue weighted by molar-refractivity contribution is -0.146. The van der Waals surface area contributed by atoms with Gasteiger partial charge >= 0.3 is 18.0 Å². The Morgan fingerprint density at radius 1 is 1.07 bits per heavy atom. The molecule has 1 aromatic rings. The predicted octanol–water partition coefficient (Wildman–Crippen LogP) is 1.93. The van der Waals surface area contributed by atoms with Gasteiger partial charge in [0.2, 0.25) is 0 Å². The van der Waals surface area contributed by atoms with E-state index in [1.54, 1.807) is 27.8 Å². The maximum Gasteiger partial charge on any atom is 0.415 e. The van der Waals surface area contributed by atoms with Crippen molar-refractivity contribution in [2.45, 2.75) is 27.2 Å². The van der Waals surface area contributed by atoms with Crippen molar-refractivity contribution in [1.82, 2.24) is 4.57 Å². The SMILES string of the molecule is CCOC(=O)c1cn(C)c2c1C(=O)C(C(=O)OCC)CCN2C(=O)OCC. The van der Waals surface area contributed by atoms with Gasteiger partial charge in [0.15, 0.2) is 5.78 Å². The molecule has 9 heteroatoms. The van der Waals surface area contributed by atoms with Crippen LogP contribution in [0.25, 0.3) is 0 Å². The second-order valence-corrected chi connectivity index (χ2v) is 5.88. The predicted molar refractivity (Wildman–Crippen MR) is 94.8 cm³/mol. The van der Waals surface area contributed by atoms with E-state index in [0.29, 0.717) is 0 Å². The fourth-order valence-electron chi connectivity index (χ4n) is 3.06. The number of carbonyl (C=O) groups excluding carboxylic acids is 4. The minimum absolute atomic E-state index is 0.00449. The number of nitrogens with zero attached hydrogens (tertiary/aromatic N) is 2. The van der Waals surface area contributed by atoms with Gasteiger partial charge in [0.05, 0.1) is 30.9 Å². The summed E-state index contributed by atoms with van der Waals surface area (Å²) in [4.78, 5) is 51.4. The van der Waals surface area contributed by atoms with Crippen LogP contribution in [-0.4, -0.2) is 54.7 Å². The number of hydrogen-bond acceptors (Lipinski definition) is 7. The number of anilines is 1. The molecule has 0 fully saturated rings. The van der Waals surface area contributed by atoms with Gasteiger partial charge in [-0.05, 0) is 27.2 Å². The monoisotopic (exact) mass is 380 g/mol. The normalized spacial score (nSPS) is 16.4. The molecular weight excluding hydrogens is 356 g/mol. The molecule has 0 saturated heterocycles. The number of fused-ring (bicyclic) bond motifs is 1. The molecule has 1 aliphatic rings. The highest BCUT2D eigenvalue weighted by Crippen LogP contribution is 2.34. The van der Waals surface area contributed by atoms with Crippen molar-refractivity contribution in [2.75, 3.05) is 31.3 Å². The number of aryl methyl sites for hydroxylation is 1. The number of carbonyl (C=O) groups is 4. The van der Waals surface area contributed by atoms with E-state index in [9.17, 15) is 19.2 Å². The zero-order chi connectivity index (χ0) is 20.1. The van der Waals surface area contributed by atoms with Crippen molar-refractivity contribution in [3.05, 3.63) is 17.3 Å². The molecule has 0 aliphatic carbocycles. The molecule has 2 heterocycles. The van der Waals surface area contributed by atoms with Crippen LogP contribution in [0, 0.1) is 5.92 Å². The maximum absolute atomic E-state index is 13.1. The fourth-order valence-corrected chi connectivity index (χ4v) is 3.06.